The van der Waals surface area contributed by atoms with Crippen LogP contribution in [0.15, 0.2) is 0 Å². The molecule has 1 N–H and O–H groups in total. The number of piperidine rings is 1. The van der Waals surface area contributed by atoms with E-state index in [4.69, 9.17) is 4.74 Å². The van der Waals surface area contributed by atoms with Gasteiger partial charge in [-0.2, -0.15) is 0 Å². The average molecular weight is 173 g/mol. The Hall–Kier alpha value is -0.0800. The summed E-state index contributed by atoms with van der Waals surface area (Å²) >= 11 is 0. The monoisotopic (exact) mass is 173 g/mol. The van der Waals surface area contributed by atoms with Crippen LogP contribution in [0.1, 0.15) is 40.0 Å². The van der Waals surface area contributed by atoms with E-state index in [0.717, 1.165) is 0 Å². The first-order valence-electron chi connectivity index (χ1n) is 4.82. The molecule has 1 saturated heterocycles. The van der Waals surface area contributed by atoms with Gasteiger partial charge in [0.1, 0.15) is 0 Å². The van der Waals surface area contributed by atoms with Crippen LogP contribution >= 0.6 is 0 Å². The molecule has 0 unspecified atom stereocenters. The van der Waals surface area contributed by atoms with E-state index in [1.54, 1.807) is 7.11 Å². The van der Waals surface area contributed by atoms with Crippen molar-refractivity contribution in [2.75, 3.05) is 20.2 Å². The maximum absolute atomic E-state index is 4.94. The van der Waals surface area contributed by atoms with Gasteiger partial charge in [-0.15, -0.1) is 0 Å². The molecule has 0 aromatic rings. The van der Waals surface area contributed by atoms with Gasteiger partial charge in [-0.3, -0.25) is 0 Å². The standard InChI is InChI=1S/C5H11N.C5H12O/c1-2-4-6-5-3-1;1-5(2,3)6-4/h6H,1-5H2;1-4H3. The zero-order chi connectivity index (χ0) is 9.45. The molecule has 0 aromatic heterocycles. The van der Waals surface area contributed by atoms with E-state index < -0.39 is 0 Å². The van der Waals surface area contributed by atoms with Gasteiger partial charge >= 0.3 is 0 Å². The van der Waals surface area contributed by atoms with E-state index >= 15 is 0 Å². The smallest absolute Gasteiger partial charge is 0.0594 e. The van der Waals surface area contributed by atoms with Crippen LogP contribution in [0.5, 0.6) is 0 Å². The second-order valence-electron chi connectivity index (χ2n) is 4.13. The molecule has 1 aliphatic heterocycles. The van der Waals surface area contributed by atoms with Gasteiger partial charge < -0.3 is 10.1 Å². The van der Waals surface area contributed by atoms with Crippen molar-refractivity contribution in [3.8, 4) is 0 Å². The molecule has 1 rings (SSSR count). The van der Waals surface area contributed by atoms with E-state index in [9.17, 15) is 0 Å². The van der Waals surface area contributed by atoms with Crippen molar-refractivity contribution in [3.63, 3.8) is 0 Å². The highest BCUT2D eigenvalue weighted by atomic mass is 16.5. The molecular formula is C10H23NO. The number of hydrogen-bond donors (Lipinski definition) is 1. The van der Waals surface area contributed by atoms with E-state index in [-0.39, 0.29) is 5.60 Å². The van der Waals surface area contributed by atoms with Gasteiger partial charge in [0.15, 0.2) is 0 Å². The predicted octanol–water partition coefficient (Wildman–Crippen LogP) is 2.19. The van der Waals surface area contributed by atoms with Gasteiger partial charge in [0, 0.05) is 7.11 Å². The van der Waals surface area contributed by atoms with E-state index in [1.165, 1.54) is 32.4 Å². The maximum Gasteiger partial charge on any atom is 0.0594 e. The summed E-state index contributed by atoms with van der Waals surface area (Å²) in [5, 5.41) is 3.28. The SMILES string of the molecule is C1CCNCC1.COC(C)(C)C. The molecule has 0 saturated carbocycles. The molecule has 1 fully saturated rings. The molecule has 74 valence electrons. The van der Waals surface area contributed by atoms with Crippen LogP contribution in [0.25, 0.3) is 0 Å². The summed E-state index contributed by atoms with van der Waals surface area (Å²) in [6, 6.07) is 0. The summed E-state index contributed by atoms with van der Waals surface area (Å²) in [5.41, 5.74) is 0.0417. The van der Waals surface area contributed by atoms with Crippen LogP contribution in [0.3, 0.4) is 0 Å². The van der Waals surface area contributed by atoms with E-state index in [1.807, 2.05) is 20.8 Å². The first-order chi connectivity index (χ1) is 5.56. The third-order valence-electron chi connectivity index (χ3n) is 1.82. The molecule has 0 atom stereocenters. The molecule has 0 radical (unpaired) electrons. The maximum atomic E-state index is 4.94. The summed E-state index contributed by atoms with van der Waals surface area (Å²) in [7, 11) is 1.71. The third-order valence-corrected chi connectivity index (χ3v) is 1.82. The molecule has 0 aromatic carbocycles. The lowest BCUT2D eigenvalue weighted by Gasteiger charge is -2.14. The lowest BCUT2D eigenvalue weighted by molar-refractivity contribution is 0.0397. The highest BCUT2D eigenvalue weighted by Crippen LogP contribution is 2.02. The summed E-state index contributed by atoms with van der Waals surface area (Å²) in [6.45, 7) is 8.56. The Bertz CT molecular complexity index is 81.0. The van der Waals surface area contributed by atoms with Gasteiger partial charge in [0.25, 0.3) is 0 Å². The minimum Gasteiger partial charge on any atom is -0.379 e. The highest BCUT2D eigenvalue weighted by molar-refractivity contribution is 4.55. The van der Waals surface area contributed by atoms with Crippen LogP contribution in [0.4, 0.5) is 0 Å². The van der Waals surface area contributed by atoms with Crippen molar-refractivity contribution in [2.45, 2.75) is 45.6 Å². The summed E-state index contributed by atoms with van der Waals surface area (Å²) in [5.74, 6) is 0. The molecule has 1 aliphatic rings. The largest absolute Gasteiger partial charge is 0.379 e. The van der Waals surface area contributed by atoms with Crippen molar-refractivity contribution in [1.29, 1.82) is 0 Å². The summed E-state index contributed by atoms with van der Waals surface area (Å²) in [6.07, 6.45) is 4.22. The Kier molecular flexibility index (Phi) is 6.39. The van der Waals surface area contributed by atoms with Crippen molar-refractivity contribution in [1.82, 2.24) is 5.32 Å². The van der Waals surface area contributed by atoms with Crippen LogP contribution in [0.2, 0.25) is 0 Å². The third kappa shape index (κ3) is 9.92. The van der Waals surface area contributed by atoms with Gasteiger partial charge in [-0.25, -0.2) is 0 Å². The Morgan fingerprint density at radius 2 is 1.42 bits per heavy atom. The van der Waals surface area contributed by atoms with Crippen molar-refractivity contribution in [3.05, 3.63) is 0 Å². The summed E-state index contributed by atoms with van der Waals surface area (Å²) in [4.78, 5) is 0. The normalized spacial score (nSPS) is 18.0. The van der Waals surface area contributed by atoms with Crippen molar-refractivity contribution in [2.24, 2.45) is 0 Å². The van der Waals surface area contributed by atoms with Gasteiger partial charge in [0.05, 0.1) is 5.60 Å². The molecule has 0 amide bonds. The van der Waals surface area contributed by atoms with E-state index in [2.05, 4.69) is 5.32 Å². The molecule has 2 nitrogen and oxygen atoms in total. The molecule has 2 heteroatoms. The molecule has 1 heterocycles. The average Bonchev–Trinajstić information content (AvgIpc) is 2.07. The number of hydrogen-bond acceptors (Lipinski definition) is 2. The first-order valence-corrected chi connectivity index (χ1v) is 4.82. The number of nitrogens with one attached hydrogen (secondary N) is 1. The molecule has 0 spiro atoms. The molecular weight excluding hydrogens is 150 g/mol. The van der Waals surface area contributed by atoms with Crippen LogP contribution in [-0.2, 0) is 4.74 Å². The van der Waals surface area contributed by atoms with Crippen molar-refractivity contribution >= 4 is 0 Å². The predicted molar refractivity (Wildman–Crippen MR) is 53.5 cm³/mol. The van der Waals surface area contributed by atoms with Gasteiger partial charge in [-0.05, 0) is 46.7 Å². The Morgan fingerprint density at radius 1 is 1.00 bits per heavy atom. The lowest BCUT2D eigenvalue weighted by atomic mass is 10.2. The molecule has 12 heavy (non-hydrogen) atoms. The van der Waals surface area contributed by atoms with Crippen LogP contribution < -0.4 is 5.32 Å². The van der Waals surface area contributed by atoms with Crippen LogP contribution in [-0.4, -0.2) is 25.8 Å². The van der Waals surface area contributed by atoms with Crippen LogP contribution in [0, 0.1) is 0 Å². The number of methoxy groups -OCH3 is 1. The van der Waals surface area contributed by atoms with Crippen molar-refractivity contribution < 1.29 is 4.74 Å². The fourth-order valence-electron chi connectivity index (χ4n) is 0.802. The molecule has 0 aliphatic carbocycles. The topological polar surface area (TPSA) is 21.3 Å². The Balaban J connectivity index is 0.000000202. The van der Waals surface area contributed by atoms with Gasteiger partial charge in [0.2, 0.25) is 0 Å². The Labute approximate surface area is 76.7 Å². The van der Waals surface area contributed by atoms with Gasteiger partial charge in [-0.1, -0.05) is 6.42 Å². The minimum atomic E-state index is 0.0417. The second kappa shape index (κ2) is 6.44. The fraction of sp³-hybridized carbons (Fsp3) is 1.00. The quantitative estimate of drug-likeness (QED) is 0.606. The summed E-state index contributed by atoms with van der Waals surface area (Å²) < 4.78 is 4.94. The minimum absolute atomic E-state index is 0.0417. The lowest BCUT2D eigenvalue weighted by Crippen LogP contribution is -2.21. The first kappa shape index (κ1) is 11.9. The second-order valence-corrected chi connectivity index (χ2v) is 4.13. The number of ether oxygens (including phenoxy) is 1. The zero-order valence-electron chi connectivity index (χ0n) is 8.94. The zero-order valence-corrected chi connectivity index (χ0v) is 8.94. The fourth-order valence-corrected chi connectivity index (χ4v) is 0.802. The Morgan fingerprint density at radius 3 is 1.50 bits per heavy atom. The molecule has 0 bridgehead atoms. The highest BCUT2D eigenvalue weighted by Gasteiger charge is 2.04. The van der Waals surface area contributed by atoms with E-state index in [0.29, 0.717) is 0 Å². The number of rotatable bonds is 0.